The molecule has 0 bridgehead atoms. The van der Waals surface area contributed by atoms with Crippen LogP contribution in [0.1, 0.15) is 55.2 Å². The number of hydrogen-bond donors (Lipinski definition) is 0. The molecule has 1 aromatic rings. The van der Waals surface area contributed by atoms with E-state index in [1.165, 1.54) is 16.7 Å². The minimum Gasteiger partial charge on any atom is -0.342 e. The molecule has 2 amide bonds. The molecule has 0 spiro atoms. The molecule has 0 aromatic heterocycles. The molecule has 134 valence electrons. The van der Waals surface area contributed by atoms with E-state index in [9.17, 15) is 9.59 Å². The Morgan fingerprint density at radius 3 is 2.20 bits per heavy atom. The lowest BCUT2D eigenvalue weighted by atomic mass is 9.90. The van der Waals surface area contributed by atoms with Crippen molar-refractivity contribution in [3.05, 3.63) is 34.9 Å². The number of likely N-dealkylation sites (tertiary alicyclic amines) is 2. The van der Waals surface area contributed by atoms with Crippen LogP contribution in [0.15, 0.2) is 18.2 Å². The second-order valence-electron chi connectivity index (χ2n) is 8.17. The summed E-state index contributed by atoms with van der Waals surface area (Å²) in [5, 5.41) is 0. The van der Waals surface area contributed by atoms with Gasteiger partial charge in [0.15, 0.2) is 0 Å². The highest BCUT2D eigenvalue weighted by Gasteiger charge is 2.53. The van der Waals surface area contributed by atoms with Crippen molar-refractivity contribution in [3.8, 4) is 0 Å². The Morgan fingerprint density at radius 2 is 1.68 bits per heavy atom. The Kier molecular flexibility index (Phi) is 4.09. The molecule has 1 aliphatic carbocycles. The number of carbonyl (C=O) groups is 2. The van der Waals surface area contributed by atoms with Crippen LogP contribution in [0.3, 0.4) is 0 Å². The summed E-state index contributed by atoms with van der Waals surface area (Å²) in [4.78, 5) is 29.3. The smallest absolute Gasteiger partial charge is 0.233 e. The number of benzene rings is 1. The van der Waals surface area contributed by atoms with E-state index < -0.39 is 0 Å². The summed E-state index contributed by atoms with van der Waals surface area (Å²) in [5.41, 5.74) is 3.40. The van der Waals surface area contributed by atoms with Crippen LogP contribution in [0.5, 0.6) is 0 Å². The minimum absolute atomic E-state index is 0.271. The van der Waals surface area contributed by atoms with E-state index in [1.807, 2.05) is 0 Å². The fourth-order valence-electron chi connectivity index (χ4n) is 4.74. The maximum atomic E-state index is 13.2. The fraction of sp³-hybridized carbons (Fsp3) is 0.619. The highest BCUT2D eigenvalue weighted by atomic mass is 16.2. The quantitative estimate of drug-likeness (QED) is 0.849. The number of nitrogens with zero attached hydrogens (tertiary/aromatic N) is 2. The van der Waals surface area contributed by atoms with Crippen molar-refractivity contribution in [1.82, 2.24) is 9.80 Å². The molecular weight excluding hydrogens is 312 g/mol. The van der Waals surface area contributed by atoms with E-state index in [0.29, 0.717) is 24.3 Å². The van der Waals surface area contributed by atoms with Gasteiger partial charge in [-0.05, 0) is 51.5 Å². The highest BCUT2D eigenvalue weighted by molar-refractivity contribution is 5.91. The molecule has 0 unspecified atom stereocenters. The van der Waals surface area contributed by atoms with Crippen LogP contribution in [0.2, 0.25) is 0 Å². The van der Waals surface area contributed by atoms with Crippen molar-refractivity contribution in [2.75, 3.05) is 19.6 Å². The van der Waals surface area contributed by atoms with Gasteiger partial charge in [0, 0.05) is 32.1 Å². The van der Waals surface area contributed by atoms with E-state index in [0.717, 1.165) is 51.7 Å². The van der Waals surface area contributed by atoms with E-state index in [1.54, 1.807) is 0 Å². The average molecular weight is 340 g/mol. The van der Waals surface area contributed by atoms with Gasteiger partial charge in [-0.1, -0.05) is 29.3 Å². The highest BCUT2D eigenvalue weighted by Crippen LogP contribution is 2.50. The molecule has 3 aliphatic rings. The first-order valence-electron chi connectivity index (χ1n) is 9.67. The molecule has 4 heteroatoms. The van der Waals surface area contributed by atoms with Crippen molar-refractivity contribution in [2.45, 2.75) is 63.8 Å². The molecule has 4 rings (SSSR count). The predicted octanol–water partition coefficient (Wildman–Crippen LogP) is 2.95. The third-order valence-corrected chi connectivity index (χ3v) is 6.24. The Labute approximate surface area is 150 Å². The molecule has 1 saturated carbocycles. The Balaban J connectivity index is 1.44. The van der Waals surface area contributed by atoms with Crippen molar-refractivity contribution < 1.29 is 9.59 Å². The summed E-state index contributed by atoms with van der Waals surface area (Å²) < 4.78 is 0. The van der Waals surface area contributed by atoms with E-state index >= 15 is 0 Å². The van der Waals surface area contributed by atoms with Crippen molar-refractivity contribution in [3.63, 3.8) is 0 Å². The van der Waals surface area contributed by atoms with Crippen LogP contribution >= 0.6 is 0 Å². The third kappa shape index (κ3) is 2.96. The zero-order valence-corrected chi connectivity index (χ0v) is 15.4. The van der Waals surface area contributed by atoms with Crippen LogP contribution in [0.4, 0.5) is 0 Å². The first-order chi connectivity index (χ1) is 12.0. The number of aryl methyl sites for hydroxylation is 2. The van der Waals surface area contributed by atoms with Crippen LogP contribution in [0.25, 0.3) is 0 Å². The lowest BCUT2D eigenvalue weighted by Gasteiger charge is -2.38. The summed E-state index contributed by atoms with van der Waals surface area (Å²) in [6.07, 6.45) is 5.50. The number of hydrogen-bond acceptors (Lipinski definition) is 2. The van der Waals surface area contributed by atoms with Crippen molar-refractivity contribution in [2.24, 2.45) is 0 Å². The Morgan fingerprint density at radius 1 is 1.04 bits per heavy atom. The van der Waals surface area contributed by atoms with Crippen LogP contribution in [-0.2, 0) is 15.0 Å². The molecule has 25 heavy (non-hydrogen) atoms. The van der Waals surface area contributed by atoms with Gasteiger partial charge in [0.2, 0.25) is 11.8 Å². The van der Waals surface area contributed by atoms with Gasteiger partial charge in [0.05, 0.1) is 5.41 Å². The summed E-state index contributed by atoms with van der Waals surface area (Å²) in [6, 6.07) is 6.89. The van der Waals surface area contributed by atoms with Crippen molar-refractivity contribution in [1.29, 1.82) is 0 Å². The normalized spacial score (nSPS) is 23.2. The molecule has 2 heterocycles. The maximum Gasteiger partial charge on any atom is 0.233 e. The van der Waals surface area contributed by atoms with Gasteiger partial charge in [-0.2, -0.15) is 0 Å². The number of carbonyl (C=O) groups excluding carboxylic acids is 2. The largest absolute Gasteiger partial charge is 0.342 e. The average Bonchev–Trinajstić information content (AvgIpc) is 3.30. The zero-order chi connectivity index (χ0) is 17.6. The summed E-state index contributed by atoms with van der Waals surface area (Å²) in [5.74, 6) is 0.613. The zero-order valence-electron chi connectivity index (χ0n) is 15.4. The van der Waals surface area contributed by atoms with Gasteiger partial charge < -0.3 is 9.80 Å². The monoisotopic (exact) mass is 340 g/mol. The van der Waals surface area contributed by atoms with Gasteiger partial charge in [0.1, 0.15) is 0 Å². The minimum atomic E-state index is -0.271. The van der Waals surface area contributed by atoms with Crippen LogP contribution in [0, 0.1) is 13.8 Å². The molecule has 2 aliphatic heterocycles. The Hall–Kier alpha value is -1.84. The molecule has 2 saturated heterocycles. The second kappa shape index (κ2) is 6.15. The van der Waals surface area contributed by atoms with E-state index in [2.05, 4.69) is 41.8 Å². The van der Waals surface area contributed by atoms with Gasteiger partial charge in [-0.25, -0.2) is 0 Å². The topological polar surface area (TPSA) is 40.6 Å². The number of piperidine rings is 1. The maximum absolute atomic E-state index is 13.2. The lowest BCUT2D eigenvalue weighted by molar-refractivity contribution is -0.136. The summed E-state index contributed by atoms with van der Waals surface area (Å²) in [7, 11) is 0. The molecule has 3 fully saturated rings. The van der Waals surface area contributed by atoms with Crippen LogP contribution in [-0.4, -0.2) is 47.3 Å². The first kappa shape index (κ1) is 16.6. The van der Waals surface area contributed by atoms with Gasteiger partial charge in [0.25, 0.3) is 0 Å². The van der Waals surface area contributed by atoms with Crippen LogP contribution < -0.4 is 0 Å². The second-order valence-corrected chi connectivity index (χ2v) is 8.17. The fourth-order valence-corrected chi connectivity index (χ4v) is 4.74. The van der Waals surface area contributed by atoms with Gasteiger partial charge >= 0.3 is 0 Å². The van der Waals surface area contributed by atoms with E-state index in [4.69, 9.17) is 0 Å². The molecule has 0 radical (unpaired) electrons. The lowest BCUT2D eigenvalue weighted by Crippen LogP contribution is -2.49. The third-order valence-electron chi connectivity index (χ3n) is 6.24. The summed E-state index contributed by atoms with van der Waals surface area (Å²) >= 11 is 0. The Bertz CT molecular complexity index is 680. The van der Waals surface area contributed by atoms with Gasteiger partial charge in [-0.3, -0.25) is 9.59 Å². The van der Waals surface area contributed by atoms with Crippen molar-refractivity contribution >= 4 is 11.8 Å². The molecule has 1 aromatic carbocycles. The molecule has 4 nitrogen and oxygen atoms in total. The number of amides is 2. The number of rotatable bonds is 3. The first-order valence-corrected chi connectivity index (χ1v) is 9.67. The SMILES string of the molecule is Cc1cc(C)cc(C2(C(=O)N3CCC(N4CCCC4=O)CC3)CC2)c1. The van der Waals surface area contributed by atoms with E-state index in [-0.39, 0.29) is 5.41 Å². The standard InChI is InChI=1S/C21H28N2O2/c1-15-12-16(2)14-17(13-15)21(7-8-21)20(25)22-10-5-18(6-11-22)23-9-3-4-19(23)24/h12-14,18H,3-11H2,1-2H3. The predicted molar refractivity (Wildman–Crippen MR) is 97.4 cm³/mol. The molecule has 0 N–H and O–H groups in total. The molecular formula is C21H28N2O2. The molecule has 0 atom stereocenters. The van der Waals surface area contributed by atoms with Gasteiger partial charge in [-0.15, -0.1) is 0 Å². The summed E-state index contributed by atoms with van der Waals surface area (Å²) in [6.45, 7) is 6.70.